The van der Waals surface area contributed by atoms with Crippen LogP contribution < -0.4 is 14.9 Å². The van der Waals surface area contributed by atoms with Gasteiger partial charge in [0.15, 0.2) is 9.34 Å². The average molecular weight is 420 g/mol. The molecule has 2 aromatic heterocycles. The number of hydrogen-bond acceptors (Lipinski definition) is 8. The van der Waals surface area contributed by atoms with Crippen LogP contribution >= 0.6 is 11.3 Å². The Bertz CT molecular complexity index is 1110. The van der Waals surface area contributed by atoms with Gasteiger partial charge in [-0.1, -0.05) is 11.3 Å². The van der Waals surface area contributed by atoms with E-state index in [1.54, 1.807) is 36.1 Å². The summed E-state index contributed by atoms with van der Waals surface area (Å²) in [5.41, 5.74) is 1.74. The third-order valence-electron chi connectivity index (χ3n) is 4.24. The van der Waals surface area contributed by atoms with Crippen LogP contribution in [0.1, 0.15) is 12.1 Å². The van der Waals surface area contributed by atoms with Crippen molar-refractivity contribution in [2.75, 3.05) is 22.9 Å². The number of thiazole rings is 1. The number of nitrogens with zero attached hydrogens (tertiary/aromatic N) is 5. The highest BCUT2D eigenvalue weighted by atomic mass is 32.2. The zero-order chi connectivity index (χ0) is 19.9. The van der Waals surface area contributed by atoms with Crippen LogP contribution in [0.15, 0.2) is 39.3 Å². The van der Waals surface area contributed by atoms with Crippen LogP contribution in [-0.4, -0.2) is 42.7 Å². The molecule has 2 amide bonds. The Morgan fingerprint density at radius 1 is 1.18 bits per heavy atom. The van der Waals surface area contributed by atoms with Crippen LogP contribution in [0.2, 0.25) is 0 Å². The SMILES string of the molecule is Cc1nc(N2CCCN(c3ccc(-c4nnco4)cc3)C2=O)sc1S(N)(=O)=O. The van der Waals surface area contributed by atoms with E-state index >= 15 is 0 Å². The molecule has 3 heterocycles. The van der Waals surface area contributed by atoms with Gasteiger partial charge in [0.05, 0.1) is 5.69 Å². The summed E-state index contributed by atoms with van der Waals surface area (Å²) in [4.78, 5) is 20.3. The Morgan fingerprint density at radius 2 is 1.89 bits per heavy atom. The summed E-state index contributed by atoms with van der Waals surface area (Å²) >= 11 is 0.901. The van der Waals surface area contributed by atoms with Crippen molar-refractivity contribution in [3.63, 3.8) is 0 Å². The van der Waals surface area contributed by atoms with Crippen LogP contribution in [0.5, 0.6) is 0 Å². The number of aryl methyl sites for hydroxylation is 1. The van der Waals surface area contributed by atoms with Gasteiger partial charge < -0.3 is 4.42 Å². The number of rotatable bonds is 4. The Labute approximate surface area is 164 Å². The number of carbonyl (C=O) groups is 1. The minimum Gasteiger partial charge on any atom is -0.423 e. The van der Waals surface area contributed by atoms with Crippen LogP contribution in [0.3, 0.4) is 0 Å². The van der Waals surface area contributed by atoms with Crippen molar-refractivity contribution in [3.8, 4) is 11.5 Å². The number of hydrogen-bond donors (Lipinski definition) is 1. The number of aromatic nitrogens is 3. The molecule has 0 radical (unpaired) electrons. The molecule has 0 atom stereocenters. The fourth-order valence-corrected chi connectivity index (χ4v) is 4.94. The van der Waals surface area contributed by atoms with Crippen LogP contribution in [-0.2, 0) is 10.0 Å². The first-order valence-electron chi connectivity index (χ1n) is 8.30. The average Bonchev–Trinajstić information content (AvgIpc) is 3.31. The fraction of sp³-hybridized carbons (Fsp3) is 0.250. The second-order valence-corrected chi connectivity index (χ2v) is 8.88. The summed E-state index contributed by atoms with van der Waals surface area (Å²) in [5, 5.41) is 13.0. The van der Waals surface area contributed by atoms with Gasteiger partial charge in [0.25, 0.3) is 0 Å². The molecule has 12 heteroatoms. The van der Waals surface area contributed by atoms with E-state index in [2.05, 4.69) is 15.2 Å². The predicted octanol–water partition coefficient (Wildman–Crippen LogP) is 1.99. The number of sulfonamides is 1. The Balaban J connectivity index is 1.60. The van der Waals surface area contributed by atoms with E-state index < -0.39 is 10.0 Å². The van der Waals surface area contributed by atoms with E-state index in [1.807, 2.05) is 0 Å². The molecule has 146 valence electrons. The lowest BCUT2D eigenvalue weighted by Crippen LogP contribution is -2.49. The van der Waals surface area contributed by atoms with Crippen molar-refractivity contribution in [1.82, 2.24) is 15.2 Å². The van der Waals surface area contributed by atoms with E-state index in [4.69, 9.17) is 9.56 Å². The molecular weight excluding hydrogens is 404 g/mol. The molecule has 2 N–H and O–H groups in total. The zero-order valence-corrected chi connectivity index (χ0v) is 16.4. The van der Waals surface area contributed by atoms with E-state index in [0.29, 0.717) is 36.2 Å². The second kappa shape index (κ2) is 6.96. The van der Waals surface area contributed by atoms with E-state index in [1.165, 1.54) is 11.3 Å². The Hall–Kier alpha value is -2.83. The quantitative estimate of drug-likeness (QED) is 0.681. The highest BCUT2D eigenvalue weighted by molar-refractivity contribution is 7.91. The summed E-state index contributed by atoms with van der Waals surface area (Å²) in [6.07, 6.45) is 1.96. The second-order valence-electron chi connectivity index (χ2n) is 6.14. The molecule has 4 rings (SSSR count). The molecule has 0 aliphatic carbocycles. The lowest BCUT2D eigenvalue weighted by molar-refractivity contribution is 0.248. The molecule has 0 unspecified atom stereocenters. The van der Waals surface area contributed by atoms with Gasteiger partial charge in [-0.3, -0.25) is 9.80 Å². The highest BCUT2D eigenvalue weighted by Crippen LogP contribution is 2.32. The molecule has 1 saturated heterocycles. The molecule has 1 aromatic carbocycles. The molecule has 1 fully saturated rings. The number of anilines is 2. The third-order valence-corrected chi connectivity index (χ3v) is 6.98. The maximum atomic E-state index is 13.0. The summed E-state index contributed by atoms with van der Waals surface area (Å²) in [6.45, 7) is 2.55. The minimum atomic E-state index is -3.88. The first kappa shape index (κ1) is 18.5. The lowest BCUT2D eigenvalue weighted by atomic mass is 10.2. The first-order chi connectivity index (χ1) is 13.3. The molecule has 1 aliphatic heterocycles. The standard InChI is InChI=1S/C16H16N6O4S2/c1-10-14(28(17,24)25)27-15(19-10)22-8-2-7-21(16(22)23)12-5-3-11(4-6-12)13-20-18-9-26-13/h3-6,9H,2,7-8H2,1H3,(H2,17,24,25). The van der Waals surface area contributed by atoms with Crippen molar-refractivity contribution in [2.24, 2.45) is 5.14 Å². The van der Waals surface area contributed by atoms with Gasteiger partial charge in [0.1, 0.15) is 0 Å². The predicted molar refractivity (Wildman–Crippen MR) is 103 cm³/mol. The fourth-order valence-electron chi connectivity index (χ4n) is 2.97. The molecule has 0 saturated carbocycles. The van der Waals surface area contributed by atoms with E-state index in [-0.39, 0.29) is 15.9 Å². The third kappa shape index (κ3) is 3.37. The van der Waals surface area contributed by atoms with Crippen molar-refractivity contribution in [1.29, 1.82) is 0 Å². The molecular formula is C16H16N6O4S2. The van der Waals surface area contributed by atoms with E-state index in [9.17, 15) is 13.2 Å². The van der Waals surface area contributed by atoms with Gasteiger partial charge in [-0.2, -0.15) is 0 Å². The van der Waals surface area contributed by atoms with E-state index in [0.717, 1.165) is 16.9 Å². The van der Waals surface area contributed by atoms with Gasteiger partial charge >= 0.3 is 6.03 Å². The summed E-state index contributed by atoms with van der Waals surface area (Å²) in [5.74, 6) is 0.395. The normalized spacial score (nSPS) is 15.3. The maximum absolute atomic E-state index is 13.0. The molecule has 1 aliphatic rings. The van der Waals surface area contributed by atoms with Crippen molar-refractivity contribution in [2.45, 2.75) is 17.6 Å². The number of nitrogens with two attached hydrogens (primary N) is 1. The summed E-state index contributed by atoms with van der Waals surface area (Å²) in [6, 6.07) is 6.91. The lowest BCUT2D eigenvalue weighted by Gasteiger charge is -2.34. The number of benzene rings is 1. The Morgan fingerprint density at radius 3 is 2.50 bits per heavy atom. The van der Waals surface area contributed by atoms with Crippen molar-refractivity contribution < 1.29 is 17.6 Å². The van der Waals surface area contributed by atoms with Gasteiger partial charge in [-0.05, 0) is 37.6 Å². The Kier molecular flexibility index (Phi) is 4.61. The van der Waals surface area contributed by atoms with Gasteiger partial charge in [-0.15, -0.1) is 10.2 Å². The minimum absolute atomic E-state index is 0.0312. The van der Waals surface area contributed by atoms with Gasteiger partial charge in [0, 0.05) is 24.3 Å². The molecule has 3 aromatic rings. The number of amides is 2. The first-order valence-corrected chi connectivity index (χ1v) is 10.7. The topological polar surface area (TPSA) is 136 Å². The zero-order valence-electron chi connectivity index (χ0n) is 14.8. The monoisotopic (exact) mass is 420 g/mol. The van der Waals surface area contributed by atoms with Crippen molar-refractivity contribution in [3.05, 3.63) is 36.4 Å². The summed E-state index contributed by atoms with van der Waals surface area (Å²) < 4.78 is 28.5. The number of carbonyl (C=O) groups excluding carboxylic acids is 1. The largest absolute Gasteiger partial charge is 0.423 e. The smallest absolute Gasteiger partial charge is 0.330 e. The summed E-state index contributed by atoms with van der Waals surface area (Å²) in [7, 11) is -3.88. The van der Waals surface area contributed by atoms with Gasteiger partial charge in [-0.25, -0.2) is 23.3 Å². The van der Waals surface area contributed by atoms with Crippen LogP contribution in [0.4, 0.5) is 15.6 Å². The van der Waals surface area contributed by atoms with Crippen LogP contribution in [0, 0.1) is 6.92 Å². The number of urea groups is 1. The van der Waals surface area contributed by atoms with Crippen molar-refractivity contribution >= 4 is 38.2 Å². The van der Waals surface area contributed by atoms with Crippen LogP contribution in [0.25, 0.3) is 11.5 Å². The maximum Gasteiger partial charge on any atom is 0.330 e. The molecule has 0 bridgehead atoms. The molecule has 10 nitrogen and oxygen atoms in total. The number of primary sulfonamides is 1. The molecule has 0 spiro atoms. The van der Waals surface area contributed by atoms with Gasteiger partial charge in [0.2, 0.25) is 22.3 Å². The highest BCUT2D eigenvalue weighted by Gasteiger charge is 2.31. The molecule has 28 heavy (non-hydrogen) atoms.